The lowest BCUT2D eigenvalue weighted by Gasteiger charge is -2.14. The number of anilines is 1. The Bertz CT molecular complexity index is 1240. The summed E-state index contributed by atoms with van der Waals surface area (Å²) < 4.78 is 34.1. The van der Waals surface area contributed by atoms with Gasteiger partial charge in [0.15, 0.2) is 0 Å². The number of aryl methyl sites for hydroxylation is 1. The van der Waals surface area contributed by atoms with E-state index in [4.69, 9.17) is 4.74 Å². The number of sulfone groups is 1. The van der Waals surface area contributed by atoms with Crippen molar-refractivity contribution in [2.75, 3.05) is 12.4 Å². The molecule has 31 heavy (non-hydrogen) atoms. The van der Waals surface area contributed by atoms with Crippen LogP contribution >= 0.6 is 0 Å². The number of aromatic nitrogens is 1. The molecule has 3 rings (SSSR count). The molecule has 0 radical (unpaired) electrons. The predicted octanol–water partition coefficient (Wildman–Crippen LogP) is 4.69. The number of carbonyl (C=O) groups excluding carboxylic acids is 1. The maximum atomic E-state index is 13.6. The second-order valence-corrected chi connectivity index (χ2v) is 9.18. The van der Waals surface area contributed by atoms with Crippen molar-refractivity contribution in [3.05, 3.63) is 83.6 Å². The van der Waals surface area contributed by atoms with E-state index >= 15 is 0 Å². The van der Waals surface area contributed by atoms with E-state index in [0.717, 1.165) is 11.3 Å². The van der Waals surface area contributed by atoms with Crippen LogP contribution in [0.5, 0.6) is 5.75 Å². The number of methoxy groups -OCH3 is 1. The van der Waals surface area contributed by atoms with Crippen molar-refractivity contribution in [2.45, 2.75) is 37.1 Å². The minimum Gasteiger partial charge on any atom is -0.497 e. The summed E-state index contributed by atoms with van der Waals surface area (Å²) in [5.74, 6) is 0.333. The standard InChI is InChI=1S/C24H26N2O4S/c1-6-14-26-18(4)17(3)22(31(28,29)21-12-10-16(2)11-13-21)23(26)25-24(27)19-8-7-9-20(15-19)30-5/h6-13,15H,1,14H2,2-5H3,(H,25,27). The lowest BCUT2D eigenvalue weighted by molar-refractivity contribution is 0.102. The first-order chi connectivity index (χ1) is 14.7. The molecule has 0 saturated carbocycles. The second-order valence-electron chi connectivity index (χ2n) is 7.29. The summed E-state index contributed by atoms with van der Waals surface area (Å²) in [6, 6.07) is 13.4. The molecule has 2 aromatic carbocycles. The van der Waals surface area contributed by atoms with Gasteiger partial charge in [-0.25, -0.2) is 8.42 Å². The highest BCUT2D eigenvalue weighted by Gasteiger charge is 2.30. The van der Waals surface area contributed by atoms with Crippen LogP contribution in [0.25, 0.3) is 0 Å². The van der Waals surface area contributed by atoms with E-state index in [0.29, 0.717) is 23.4 Å². The topological polar surface area (TPSA) is 77.4 Å². The zero-order valence-corrected chi connectivity index (χ0v) is 18.9. The van der Waals surface area contributed by atoms with E-state index in [1.165, 1.54) is 7.11 Å². The number of benzene rings is 2. The van der Waals surface area contributed by atoms with Crippen molar-refractivity contribution in [1.29, 1.82) is 0 Å². The predicted molar refractivity (Wildman–Crippen MR) is 122 cm³/mol. The number of rotatable bonds is 7. The third-order valence-corrected chi connectivity index (χ3v) is 7.18. The van der Waals surface area contributed by atoms with Crippen molar-refractivity contribution < 1.29 is 17.9 Å². The van der Waals surface area contributed by atoms with Gasteiger partial charge < -0.3 is 14.6 Å². The fourth-order valence-corrected chi connectivity index (χ4v) is 5.12. The molecule has 1 N–H and O–H groups in total. The molecule has 3 aromatic rings. The summed E-state index contributed by atoms with van der Waals surface area (Å²) in [5, 5.41) is 2.82. The molecule has 0 unspecified atom stereocenters. The zero-order chi connectivity index (χ0) is 22.8. The number of hydrogen-bond acceptors (Lipinski definition) is 4. The zero-order valence-electron chi connectivity index (χ0n) is 18.1. The van der Waals surface area contributed by atoms with Crippen LogP contribution in [0.3, 0.4) is 0 Å². The van der Waals surface area contributed by atoms with Gasteiger partial charge in [0.2, 0.25) is 9.84 Å². The van der Waals surface area contributed by atoms with Gasteiger partial charge >= 0.3 is 0 Å². The fraction of sp³-hybridized carbons (Fsp3) is 0.208. The van der Waals surface area contributed by atoms with E-state index in [2.05, 4.69) is 11.9 Å². The lowest BCUT2D eigenvalue weighted by Crippen LogP contribution is -2.18. The molecule has 0 bridgehead atoms. The molecule has 162 valence electrons. The molecule has 0 aliphatic heterocycles. The van der Waals surface area contributed by atoms with Gasteiger partial charge in [0.05, 0.1) is 12.0 Å². The van der Waals surface area contributed by atoms with E-state index in [9.17, 15) is 13.2 Å². The summed E-state index contributed by atoms with van der Waals surface area (Å²) in [6.45, 7) is 9.59. The van der Waals surface area contributed by atoms with Crippen LogP contribution < -0.4 is 10.1 Å². The minimum atomic E-state index is -3.87. The monoisotopic (exact) mass is 438 g/mol. The SMILES string of the molecule is C=CCn1c(C)c(C)c(S(=O)(=O)c2ccc(C)cc2)c1NC(=O)c1cccc(OC)c1. The minimum absolute atomic E-state index is 0.0898. The van der Waals surface area contributed by atoms with E-state index in [1.807, 2.05) is 13.8 Å². The second kappa shape index (κ2) is 8.81. The highest BCUT2D eigenvalue weighted by Crippen LogP contribution is 2.35. The normalized spacial score (nSPS) is 11.2. The average molecular weight is 439 g/mol. The number of amides is 1. The van der Waals surface area contributed by atoms with Gasteiger partial charge in [0.1, 0.15) is 16.5 Å². The van der Waals surface area contributed by atoms with Crippen molar-refractivity contribution >= 4 is 21.6 Å². The van der Waals surface area contributed by atoms with E-state index in [1.54, 1.807) is 66.1 Å². The van der Waals surface area contributed by atoms with Gasteiger partial charge in [-0.2, -0.15) is 0 Å². The first-order valence-electron chi connectivity index (χ1n) is 9.78. The highest BCUT2D eigenvalue weighted by molar-refractivity contribution is 7.91. The van der Waals surface area contributed by atoms with Gasteiger partial charge in [0, 0.05) is 17.8 Å². The number of nitrogens with zero attached hydrogens (tertiary/aromatic N) is 1. The van der Waals surface area contributed by atoms with Gasteiger partial charge in [0.25, 0.3) is 5.91 Å². The molecule has 0 fully saturated rings. The summed E-state index contributed by atoms with van der Waals surface area (Å²) in [4.78, 5) is 13.3. The van der Waals surface area contributed by atoms with Crippen LogP contribution in [-0.4, -0.2) is 26.0 Å². The Balaban J connectivity index is 2.16. The van der Waals surface area contributed by atoms with Crippen LogP contribution in [0.2, 0.25) is 0 Å². The summed E-state index contributed by atoms with van der Waals surface area (Å²) in [6.07, 6.45) is 1.66. The lowest BCUT2D eigenvalue weighted by atomic mass is 10.2. The molecule has 7 heteroatoms. The Morgan fingerprint density at radius 3 is 2.42 bits per heavy atom. The largest absolute Gasteiger partial charge is 0.497 e. The molecular weight excluding hydrogens is 412 g/mol. The van der Waals surface area contributed by atoms with E-state index in [-0.39, 0.29) is 15.6 Å². The Kier molecular flexibility index (Phi) is 6.36. The van der Waals surface area contributed by atoms with Crippen molar-refractivity contribution in [3.8, 4) is 5.75 Å². The summed E-state index contributed by atoms with van der Waals surface area (Å²) >= 11 is 0. The maximum absolute atomic E-state index is 13.6. The molecule has 0 atom stereocenters. The summed E-state index contributed by atoms with van der Waals surface area (Å²) in [7, 11) is -2.35. The number of carbonyl (C=O) groups is 1. The fourth-order valence-electron chi connectivity index (χ4n) is 3.42. The molecule has 1 amide bonds. The van der Waals surface area contributed by atoms with Crippen LogP contribution in [0, 0.1) is 20.8 Å². The molecule has 0 saturated heterocycles. The smallest absolute Gasteiger partial charge is 0.256 e. The Morgan fingerprint density at radius 1 is 1.13 bits per heavy atom. The van der Waals surface area contributed by atoms with Crippen molar-refractivity contribution in [3.63, 3.8) is 0 Å². The Morgan fingerprint density at radius 2 is 1.81 bits per heavy atom. The molecule has 1 aromatic heterocycles. The molecule has 0 aliphatic carbocycles. The Labute approximate surface area is 183 Å². The third-order valence-electron chi connectivity index (χ3n) is 5.25. The summed E-state index contributed by atoms with van der Waals surface area (Å²) in [5.41, 5.74) is 2.65. The molecule has 0 aliphatic rings. The number of nitrogens with one attached hydrogen (secondary N) is 1. The van der Waals surface area contributed by atoms with E-state index < -0.39 is 15.7 Å². The van der Waals surface area contributed by atoms with Gasteiger partial charge in [-0.3, -0.25) is 4.79 Å². The molecular formula is C24H26N2O4S. The van der Waals surface area contributed by atoms with Crippen LogP contribution in [-0.2, 0) is 16.4 Å². The number of allylic oxidation sites excluding steroid dienone is 1. The third kappa shape index (κ3) is 4.27. The first kappa shape index (κ1) is 22.4. The van der Waals surface area contributed by atoms with Crippen LogP contribution in [0.15, 0.2) is 71.0 Å². The van der Waals surface area contributed by atoms with Gasteiger partial charge in [-0.05, 0) is 56.7 Å². The molecule has 6 nitrogen and oxygen atoms in total. The first-order valence-corrected chi connectivity index (χ1v) is 11.3. The van der Waals surface area contributed by atoms with Gasteiger partial charge in [-0.15, -0.1) is 6.58 Å². The van der Waals surface area contributed by atoms with Crippen LogP contribution in [0.4, 0.5) is 5.82 Å². The Hall–Kier alpha value is -3.32. The maximum Gasteiger partial charge on any atom is 0.256 e. The average Bonchev–Trinajstić information content (AvgIpc) is 2.99. The number of ether oxygens (including phenoxy) is 1. The van der Waals surface area contributed by atoms with Crippen molar-refractivity contribution in [1.82, 2.24) is 4.57 Å². The van der Waals surface area contributed by atoms with Gasteiger partial charge in [-0.1, -0.05) is 29.8 Å². The van der Waals surface area contributed by atoms with Crippen molar-refractivity contribution in [2.24, 2.45) is 0 Å². The molecule has 0 spiro atoms. The quantitative estimate of drug-likeness (QED) is 0.543. The number of hydrogen-bond donors (Lipinski definition) is 1. The van der Waals surface area contributed by atoms with Crippen LogP contribution in [0.1, 0.15) is 27.2 Å². The highest BCUT2D eigenvalue weighted by atomic mass is 32.2. The molecule has 1 heterocycles.